The fraction of sp³-hybridized carbons (Fsp3) is 0.400. The molecule has 1 nitrogen and oxygen atoms in total. The van der Waals surface area contributed by atoms with Gasteiger partial charge in [-0.05, 0) is 0 Å². The Labute approximate surface area is 75.1 Å². The molecular formula is C10H16OSi. The number of aliphatic hydroxyl groups is 1. The second-order valence-corrected chi connectivity index (χ2v) is 8.16. The zero-order chi connectivity index (χ0) is 9.03. The molecule has 0 aromatic heterocycles. The van der Waals surface area contributed by atoms with Gasteiger partial charge in [0, 0.05) is 6.23 Å². The number of rotatable bonds is 3. The summed E-state index contributed by atoms with van der Waals surface area (Å²) in [5.41, 5.74) is 0. The lowest BCUT2D eigenvalue weighted by Crippen LogP contribution is -2.47. The Bertz CT molecular complexity index is 229. The molecule has 0 aliphatic rings. The lowest BCUT2D eigenvalue weighted by molar-refractivity contribution is 0.359. The first kappa shape index (κ1) is 9.48. The predicted octanol–water partition coefficient (Wildman–Crippen LogP) is 1.52. The predicted molar refractivity (Wildman–Crippen MR) is 55.3 cm³/mol. The van der Waals surface area contributed by atoms with E-state index in [0.717, 1.165) is 6.04 Å². The molecule has 1 aromatic rings. The Morgan fingerprint density at radius 2 is 1.83 bits per heavy atom. The summed E-state index contributed by atoms with van der Waals surface area (Å²) in [6, 6.07) is 11.5. The van der Waals surface area contributed by atoms with E-state index < -0.39 is 8.07 Å². The van der Waals surface area contributed by atoms with Crippen LogP contribution < -0.4 is 5.19 Å². The third-order valence-electron chi connectivity index (χ3n) is 2.60. The molecule has 1 rings (SSSR count). The molecule has 0 aliphatic heterocycles. The highest BCUT2D eigenvalue weighted by Gasteiger charge is 2.25. The fourth-order valence-electron chi connectivity index (χ4n) is 1.25. The Morgan fingerprint density at radius 1 is 1.25 bits per heavy atom. The van der Waals surface area contributed by atoms with Gasteiger partial charge in [-0.25, -0.2) is 0 Å². The van der Waals surface area contributed by atoms with Crippen LogP contribution in [0.4, 0.5) is 0 Å². The molecule has 0 radical (unpaired) electrons. The summed E-state index contributed by atoms with van der Waals surface area (Å²) in [5.74, 6) is 0. The van der Waals surface area contributed by atoms with Crippen LogP contribution in [0.2, 0.25) is 12.6 Å². The lowest BCUT2D eigenvalue weighted by Gasteiger charge is -2.23. The van der Waals surface area contributed by atoms with Crippen molar-refractivity contribution in [2.75, 3.05) is 6.23 Å². The Balaban J connectivity index is 2.95. The number of hydrogen-bond acceptors (Lipinski definition) is 1. The zero-order valence-corrected chi connectivity index (χ0v) is 8.75. The van der Waals surface area contributed by atoms with Crippen molar-refractivity contribution in [3.05, 3.63) is 30.3 Å². The van der Waals surface area contributed by atoms with E-state index in [-0.39, 0.29) is 0 Å². The van der Waals surface area contributed by atoms with Crippen LogP contribution in [0.15, 0.2) is 30.3 Å². The first-order chi connectivity index (χ1) is 5.73. The first-order valence-electron chi connectivity index (χ1n) is 4.39. The van der Waals surface area contributed by atoms with E-state index in [1.807, 2.05) is 18.2 Å². The van der Waals surface area contributed by atoms with Gasteiger partial charge in [0.1, 0.15) is 8.07 Å². The van der Waals surface area contributed by atoms with Gasteiger partial charge in [0.25, 0.3) is 0 Å². The van der Waals surface area contributed by atoms with E-state index in [9.17, 15) is 5.11 Å². The topological polar surface area (TPSA) is 20.2 Å². The number of hydrogen-bond donors (Lipinski definition) is 1. The van der Waals surface area contributed by atoms with Gasteiger partial charge in [-0.3, -0.25) is 0 Å². The molecule has 2 heteroatoms. The second-order valence-electron chi connectivity index (χ2n) is 3.44. The van der Waals surface area contributed by atoms with Crippen LogP contribution in [0.25, 0.3) is 0 Å². The Morgan fingerprint density at radius 3 is 2.25 bits per heavy atom. The molecule has 0 amide bonds. The summed E-state index contributed by atoms with van der Waals surface area (Å²) in [4.78, 5) is 0. The minimum Gasteiger partial charge on any atom is -0.399 e. The van der Waals surface area contributed by atoms with Crippen molar-refractivity contribution in [2.24, 2.45) is 0 Å². The van der Waals surface area contributed by atoms with Crippen molar-refractivity contribution in [2.45, 2.75) is 19.5 Å². The molecule has 66 valence electrons. The normalized spacial score (nSPS) is 15.6. The minimum atomic E-state index is -1.52. The van der Waals surface area contributed by atoms with E-state index in [2.05, 4.69) is 25.6 Å². The average molecular weight is 180 g/mol. The van der Waals surface area contributed by atoms with Crippen LogP contribution in [0, 0.1) is 0 Å². The summed E-state index contributed by atoms with van der Waals surface area (Å²) < 4.78 is 0. The first-order valence-corrected chi connectivity index (χ1v) is 7.31. The van der Waals surface area contributed by atoms with Crippen molar-refractivity contribution in [1.29, 1.82) is 0 Å². The summed E-state index contributed by atoms with van der Waals surface area (Å²) in [7, 11) is -1.52. The average Bonchev–Trinajstić information content (AvgIpc) is 2.18. The van der Waals surface area contributed by atoms with Crippen LogP contribution in [-0.4, -0.2) is 19.4 Å². The molecule has 0 aliphatic carbocycles. The highest BCUT2D eigenvalue weighted by molar-refractivity contribution is 6.90. The molecule has 0 saturated carbocycles. The van der Waals surface area contributed by atoms with Gasteiger partial charge < -0.3 is 5.11 Å². The van der Waals surface area contributed by atoms with Gasteiger partial charge in [0.15, 0.2) is 0 Å². The van der Waals surface area contributed by atoms with E-state index >= 15 is 0 Å². The lowest BCUT2D eigenvalue weighted by atomic mass is 10.4. The van der Waals surface area contributed by atoms with Crippen molar-refractivity contribution in [3.63, 3.8) is 0 Å². The van der Waals surface area contributed by atoms with Crippen LogP contribution in [0.3, 0.4) is 0 Å². The van der Waals surface area contributed by atoms with Crippen molar-refractivity contribution >= 4 is 13.3 Å². The monoisotopic (exact) mass is 180 g/mol. The van der Waals surface area contributed by atoms with Crippen LogP contribution in [0.1, 0.15) is 6.92 Å². The third-order valence-corrected chi connectivity index (χ3v) is 6.59. The van der Waals surface area contributed by atoms with Gasteiger partial charge >= 0.3 is 0 Å². The zero-order valence-electron chi connectivity index (χ0n) is 7.75. The van der Waals surface area contributed by atoms with E-state index in [0.29, 0.717) is 6.23 Å². The van der Waals surface area contributed by atoms with Gasteiger partial charge in [-0.2, -0.15) is 0 Å². The molecule has 0 heterocycles. The molecule has 1 atom stereocenters. The molecule has 1 aromatic carbocycles. The quantitative estimate of drug-likeness (QED) is 0.699. The minimum absolute atomic E-state index is 0.355. The second kappa shape index (κ2) is 3.87. The highest BCUT2D eigenvalue weighted by Crippen LogP contribution is 2.07. The molecule has 0 bridgehead atoms. The molecule has 0 fully saturated rings. The molecule has 1 N–H and O–H groups in total. The van der Waals surface area contributed by atoms with Gasteiger partial charge in [0.2, 0.25) is 0 Å². The SMILES string of the molecule is CC[Si](C)(CO)c1ccccc1. The standard InChI is InChI=1S/C10H16OSi/c1-3-12(2,9-11)10-7-5-4-6-8-10/h4-8,11H,3,9H2,1-2H3. The smallest absolute Gasteiger partial charge is 0.112 e. The molecule has 0 saturated heterocycles. The summed E-state index contributed by atoms with van der Waals surface area (Å²) in [6.07, 6.45) is 0.355. The van der Waals surface area contributed by atoms with Crippen molar-refractivity contribution in [3.8, 4) is 0 Å². The van der Waals surface area contributed by atoms with Gasteiger partial charge in [-0.15, -0.1) is 0 Å². The van der Waals surface area contributed by atoms with Crippen molar-refractivity contribution in [1.82, 2.24) is 0 Å². The summed E-state index contributed by atoms with van der Waals surface area (Å²) in [5, 5.41) is 10.7. The largest absolute Gasteiger partial charge is 0.399 e. The van der Waals surface area contributed by atoms with Crippen molar-refractivity contribution < 1.29 is 5.11 Å². The number of benzene rings is 1. The maximum Gasteiger partial charge on any atom is 0.112 e. The molecule has 1 unspecified atom stereocenters. The van der Waals surface area contributed by atoms with Gasteiger partial charge in [-0.1, -0.05) is 55.0 Å². The molecule has 0 spiro atoms. The Kier molecular flexibility index (Phi) is 3.06. The van der Waals surface area contributed by atoms with Crippen LogP contribution >= 0.6 is 0 Å². The summed E-state index contributed by atoms with van der Waals surface area (Å²) >= 11 is 0. The molecular weight excluding hydrogens is 164 g/mol. The van der Waals surface area contributed by atoms with E-state index in [4.69, 9.17) is 0 Å². The van der Waals surface area contributed by atoms with E-state index in [1.165, 1.54) is 5.19 Å². The highest BCUT2D eigenvalue weighted by atomic mass is 28.3. The summed E-state index contributed by atoms with van der Waals surface area (Å²) in [6.45, 7) is 4.39. The van der Waals surface area contributed by atoms with Crippen LogP contribution in [-0.2, 0) is 0 Å². The Hall–Kier alpha value is -0.603. The van der Waals surface area contributed by atoms with E-state index in [1.54, 1.807) is 0 Å². The fourth-order valence-corrected chi connectivity index (χ4v) is 3.06. The maximum absolute atomic E-state index is 9.30. The maximum atomic E-state index is 9.30. The molecule has 12 heavy (non-hydrogen) atoms. The third kappa shape index (κ3) is 1.76. The van der Waals surface area contributed by atoms with Gasteiger partial charge in [0.05, 0.1) is 0 Å². The van der Waals surface area contributed by atoms with Crippen LogP contribution in [0.5, 0.6) is 0 Å². The number of aliphatic hydroxyl groups excluding tert-OH is 1.